The molecule has 0 aromatic carbocycles. The SMILES string of the molecule is CCOc1cccn2c(C(=O)N[C@H](CC(=O)O)CC3CCCC3)c(C)nc12. The summed E-state index contributed by atoms with van der Waals surface area (Å²) in [5.74, 6) is -0.0811. The fraction of sp³-hybridized carbons (Fsp3) is 0.550. The first-order valence-corrected chi connectivity index (χ1v) is 9.62. The molecule has 3 rings (SSSR count). The number of imidazole rings is 1. The van der Waals surface area contributed by atoms with Crippen molar-refractivity contribution in [2.75, 3.05) is 6.61 Å². The highest BCUT2D eigenvalue weighted by atomic mass is 16.5. The number of ether oxygens (including phenoxy) is 1. The van der Waals surface area contributed by atoms with Crippen molar-refractivity contribution in [1.29, 1.82) is 0 Å². The largest absolute Gasteiger partial charge is 0.490 e. The summed E-state index contributed by atoms with van der Waals surface area (Å²) in [6.45, 7) is 4.18. The maximum atomic E-state index is 13.0. The average molecular weight is 373 g/mol. The summed E-state index contributed by atoms with van der Waals surface area (Å²) >= 11 is 0. The van der Waals surface area contributed by atoms with Gasteiger partial charge in [0.2, 0.25) is 0 Å². The molecule has 1 amide bonds. The number of nitrogens with one attached hydrogen (secondary N) is 1. The molecule has 0 unspecified atom stereocenters. The summed E-state index contributed by atoms with van der Waals surface area (Å²) in [6, 6.07) is 3.25. The molecule has 1 aliphatic carbocycles. The Labute approximate surface area is 158 Å². The molecule has 0 bridgehead atoms. The molecule has 7 heteroatoms. The first kappa shape index (κ1) is 19.2. The number of pyridine rings is 1. The third kappa shape index (κ3) is 4.40. The number of carboxylic acid groups (broad SMARTS) is 1. The number of aliphatic carboxylic acids is 1. The van der Waals surface area contributed by atoms with Gasteiger partial charge >= 0.3 is 5.97 Å². The Balaban J connectivity index is 1.83. The van der Waals surface area contributed by atoms with E-state index in [1.807, 2.05) is 19.1 Å². The molecule has 0 spiro atoms. The Morgan fingerprint density at radius 1 is 1.41 bits per heavy atom. The number of nitrogens with zero attached hydrogens (tertiary/aromatic N) is 2. The van der Waals surface area contributed by atoms with E-state index in [-0.39, 0.29) is 18.4 Å². The third-order valence-corrected chi connectivity index (χ3v) is 5.15. The van der Waals surface area contributed by atoms with Crippen molar-refractivity contribution in [3.63, 3.8) is 0 Å². The number of carboxylic acids is 1. The number of fused-ring (bicyclic) bond motifs is 1. The topological polar surface area (TPSA) is 92.9 Å². The van der Waals surface area contributed by atoms with Crippen molar-refractivity contribution >= 4 is 17.5 Å². The predicted molar refractivity (Wildman–Crippen MR) is 101 cm³/mol. The van der Waals surface area contributed by atoms with E-state index in [0.29, 0.717) is 41.7 Å². The van der Waals surface area contributed by atoms with Crippen LogP contribution in [0, 0.1) is 12.8 Å². The van der Waals surface area contributed by atoms with E-state index < -0.39 is 5.97 Å². The van der Waals surface area contributed by atoms with Crippen LogP contribution in [0.1, 0.15) is 61.6 Å². The predicted octanol–water partition coefficient (Wildman–Crippen LogP) is 3.19. The molecule has 1 saturated carbocycles. The van der Waals surface area contributed by atoms with Crippen LogP contribution in [0.5, 0.6) is 5.75 Å². The zero-order valence-corrected chi connectivity index (χ0v) is 15.9. The van der Waals surface area contributed by atoms with Crippen molar-refractivity contribution in [3.05, 3.63) is 29.7 Å². The second-order valence-electron chi connectivity index (χ2n) is 7.20. The van der Waals surface area contributed by atoms with Gasteiger partial charge in [-0.3, -0.25) is 14.0 Å². The van der Waals surface area contributed by atoms with Gasteiger partial charge in [-0.05, 0) is 38.3 Å². The van der Waals surface area contributed by atoms with Gasteiger partial charge in [-0.2, -0.15) is 0 Å². The average Bonchev–Trinajstić information content (AvgIpc) is 3.21. The Kier molecular flexibility index (Phi) is 5.98. The van der Waals surface area contributed by atoms with Crippen LogP contribution in [0.4, 0.5) is 0 Å². The summed E-state index contributed by atoms with van der Waals surface area (Å²) < 4.78 is 7.31. The van der Waals surface area contributed by atoms with Crippen LogP contribution in [0.2, 0.25) is 0 Å². The highest BCUT2D eigenvalue weighted by molar-refractivity contribution is 5.95. The third-order valence-electron chi connectivity index (χ3n) is 5.15. The molecule has 0 saturated heterocycles. The molecule has 146 valence electrons. The van der Waals surface area contributed by atoms with E-state index >= 15 is 0 Å². The number of aryl methyl sites for hydroxylation is 1. The lowest BCUT2D eigenvalue weighted by Crippen LogP contribution is -2.38. The number of carbonyl (C=O) groups excluding carboxylic acids is 1. The van der Waals surface area contributed by atoms with Crippen LogP contribution >= 0.6 is 0 Å². The van der Waals surface area contributed by atoms with Crippen molar-refractivity contribution < 1.29 is 19.4 Å². The van der Waals surface area contributed by atoms with Crippen LogP contribution in [0.25, 0.3) is 5.65 Å². The molecular weight excluding hydrogens is 346 g/mol. The fourth-order valence-electron chi connectivity index (χ4n) is 4.00. The van der Waals surface area contributed by atoms with Crippen molar-refractivity contribution in [2.24, 2.45) is 5.92 Å². The lowest BCUT2D eigenvalue weighted by Gasteiger charge is -2.20. The first-order valence-electron chi connectivity index (χ1n) is 9.62. The second kappa shape index (κ2) is 8.41. The van der Waals surface area contributed by atoms with Gasteiger partial charge in [-0.1, -0.05) is 25.7 Å². The molecule has 1 atom stereocenters. The highest BCUT2D eigenvalue weighted by Crippen LogP contribution is 2.29. The van der Waals surface area contributed by atoms with Crippen LogP contribution < -0.4 is 10.1 Å². The maximum absolute atomic E-state index is 13.0. The van der Waals surface area contributed by atoms with Crippen LogP contribution in [-0.2, 0) is 4.79 Å². The second-order valence-corrected chi connectivity index (χ2v) is 7.20. The molecular formula is C20H27N3O4. The Morgan fingerprint density at radius 3 is 2.81 bits per heavy atom. The number of carbonyl (C=O) groups is 2. The van der Waals surface area contributed by atoms with Crippen molar-refractivity contribution in [2.45, 2.75) is 58.4 Å². The molecule has 0 radical (unpaired) electrons. The van der Waals surface area contributed by atoms with Gasteiger partial charge in [0.15, 0.2) is 11.4 Å². The Morgan fingerprint density at radius 2 is 2.15 bits per heavy atom. The molecule has 0 aliphatic heterocycles. The van der Waals surface area contributed by atoms with E-state index in [4.69, 9.17) is 4.74 Å². The molecule has 27 heavy (non-hydrogen) atoms. The molecule has 2 aromatic rings. The minimum absolute atomic E-state index is 0.0672. The zero-order chi connectivity index (χ0) is 19.4. The zero-order valence-electron chi connectivity index (χ0n) is 15.9. The van der Waals surface area contributed by atoms with E-state index in [1.165, 1.54) is 12.8 Å². The number of aromatic nitrogens is 2. The monoisotopic (exact) mass is 373 g/mol. The normalized spacial score (nSPS) is 15.8. The molecule has 2 heterocycles. The summed E-state index contributed by atoms with van der Waals surface area (Å²) in [5, 5.41) is 12.2. The van der Waals surface area contributed by atoms with E-state index in [2.05, 4.69) is 10.3 Å². The fourth-order valence-corrected chi connectivity index (χ4v) is 4.00. The minimum Gasteiger partial charge on any atom is -0.490 e. The molecule has 1 aliphatic rings. The first-order chi connectivity index (χ1) is 13.0. The smallest absolute Gasteiger partial charge is 0.305 e. The van der Waals surface area contributed by atoms with Crippen LogP contribution in [0.15, 0.2) is 18.3 Å². The number of rotatable bonds is 8. The minimum atomic E-state index is -0.896. The van der Waals surface area contributed by atoms with Gasteiger partial charge in [0.1, 0.15) is 5.69 Å². The highest BCUT2D eigenvalue weighted by Gasteiger charge is 2.26. The summed E-state index contributed by atoms with van der Waals surface area (Å²) in [7, 11) is 0. The van der Waals surface area contributed by atoms with Gasteiger partial charge < -0.3 is 15.2 Å². The standard InChI is InChI=1S/C20H27N3O4/c1-3-27-16-9-6-10-23-18(13(2)21-19(16)23)20(26)22-15(12-17(24)25)11-14-7-4-5-8-14/h6,9-10,14-15H,3-5,7-8,11-12H2,1-2H3,(H,22,26)(H,24,25)/t15-/m0/s1. The summed E-state index contributed by atoms with van der Waals surface area (Å²) in [5.41, 5.74) is 1.61. The van der Waals surface area contributed by atoms with E-state index in [0.717, 1.165) is 12.8 Å². The van der Waals surface area contributed by atoms with E-state index in [1.54, 1.807) is 17.5 Å². The van der Waals surface area contributed by atoms with Gasteiger partial charge in [-0.15, -0.1) is 0 Å². The number of hydrogen-bond acceptors (Lipinski definition) is 4. The summed E-state index contributed by atoms with van der Waals surface area (Å²) in [4.78, 5) is 28.7. The van der Waals surface area contributed by atoms with Crippen molar-refractivity contribution in [1.82, 2.24) is 14.7 Å². The molecule has 2 N–H and O–H groups in total. The molecule has 7 nitrogen and oxygen atoms in total. The maximum Gasteiger partial charge on any atom is 0.305 e. The lowest BCUT2D eigenvalue weighted by atomic mass is 9.96. The van der Waals surface area contributed by atoms with Crippen molar-refractivity contribution in [3.8, 4) is 5.75 Å². The van der Waals surface area contributed by atoms with E-state index in [9.17, 15) is 14.7 Å². The number of amides is 1. The quantitative estimate of drug-likeness (QED) is 0.741. The number of hydrogen-bond donors (Lipinski definition) is 2. The lowest BCUT2D eigenvalue weighted by molar-refractivity contribution is -0.137. The van der Waals surface area contributed by atoms with Gasteiger partial charge in [0, 0.05) is 12.2 Å². The molecule has 1 fully saturated rings. The molecule has 2 aromatic heterocycles. The Bertz CT molecular complexity index is 824. The van der Waals surface area contributed by atoms with Crippen LogP contribution in [-0.4, -0.2) is 39.0 Å². The van der Waals surface area contributed by atoms with Gasteiger partial charge in [-0.25, -0.2) is 4.98 Å². The van der Waals surface area contributed by atoms with Gasteiger partial charge in [0.05, 0.1) is 18.7 Å². The summed E-state index contributed by atoms with van der Waals surface area (Å²) in [6.07, 6.45) is 7.00. The van der Waals surface area contributed by atoms with Gasteiger partial charge in [0.25, 0.3) is 5.91 Å². The van der Waals surface area contributed by atoms with Crippen LogP contribution in [0.3, 0.4) is 0 Å². The Hall–Kier alpha value is -2.57.